The summed E-state index contributed by atoms with van der Waals surface area (Å²) in [6, 6.07) is 5.44. The van der Waals surface area contributed by atoms with Crippen LogP contribution in [0.25, 0.3) is 0 Å². The number of aliphatic hydroxyl groups excluding tert-OH is 1. The number of benzene rings is 1. The summed E-state index contributed by atoms with van der Waals surface area (Å²) in [4.78, 5) is 0. The maximum atomic E-state index is 10.4. The standard InChI is InChI=1S/C13H21NO3/c1-13(2,8-14)12(15)9-6-5-7-10(16-3)11(9)17-4/h5-7,12,15H,8,14H2,1-4H3. The first-order valence-corrected chi connectivity index (χ1v) is 5.57. The second kappa shape index (κ2) is 5.38. The van der Waals surface area contributed by atoms with Gasteiger partial charge in [-0.05, 0) is 6.07 Å². The zero-order chi connectivity index (χ0) is 13.1. The molecule has 0 amide bonds. The monoisotopic (exact) mass is 239 g/mol. The fraction of sp³-hybridized carbons (Fsp3) is 0.538. The molecule has 3 N–H and O–H groups in total. The second-order valence-electron chi connectivity index (χ2n) is 4.68. The Hall–Kier alpha value is -1.26. The van der Waals surface area contributed by atoms with Crippen LogP contribution in [0.2, 0.25) is 0 Å². The maximum Gasteiger partial charge on any atom is 0.166 e. The largest absolute Gasteiger partial charge is 0.493 e. The number of nitrogens with two attached hydrogens (primary N) is 1. The van der Waals surface area contributed by atoms with E-state index >= 15 is 0 Å². The first-order chi connectivity index (χ1) is 7.97. The Morgan fingerprint density at radius 2 is 1.94 bits per heavy atom. The Morgan fingerprint density at radius 3 is 2.41 bits per heavy atom. The van der Waals surface area contributed by atoms with Gasteiger partial charge in [-0.1, -0.05) is 26.0 Å². The highest BCUT2D eigenvalue weighted by molar-refractivity contribution is 5.48. The molecule has 1 aromatic rings. The molecule has 0 spiro atoms. The molecule has 0 aromatic heterocycles. The summed E-state index contributed by atoms with van der Waals surface area (Å²) in [5.74, 6) is 1.17. The van der Waals surface area contributed by atoms with Gasteiger partial charge in [-0.2, -0.15) is 0 Å². The highest BCUT2D eigenvalue weighted by atomic mass is 16.5. The molecule has 0 saturated heterocycles. The van der Waals surface area contributed by atoms with Crippen LogP contribution >= 0.6 is 0 Å². The summed E-state index contributed by atoms with van der Waals surface area (Å²) in [6.07, 6.45) is -0.697. The summed E-state index contributed by atoms with van der Waals surface area (Å²) in [6.45, 7) is 4.21. The van der Waals surface area contributed by atoms with E-state index in [1.54, 1.807) is 20.3 Å². The summed E-state index contributed by atoms with van der Waals surface area (Å²) in [5.41, 5.74) is 5.95. The Balaban J connectivity index is 3.22. The van der Waals surface area contributed by atoms with Crippen LogP contribution in [0.1, 0.15) is 25.5 Å². The molecule has 1 unspecified atom stereocenters. The van der Waals surface area contributed by atoms with Gasteiger partial charge in [0.2, 0.25) is 0 Å². The third-order valence-corrected chi connectivity index (χ3v) is 2.99. The number of aliphatic hydroxyl groups is 1. The van der Waals surface area contributed by atoms with Crippen LogP contribution in [-0.4, -0.2) is 25.9 Å². The minimum absolute atomic E-state index is 0.383. The van der Waals surface area contributed by atoms with Gasteiger partial charge >= 0.3 is 0 Å². The Bertz CT molecular complexity index is 377. The van der Waals surface area contributed by atoms with Crippen molar-refractivity contribution in [3.05, 3.63) is 23.8 Å². The summed E-state index contributed by atoms with van der Waals surface area (Å²) in [7, 11) is 3.13. The molecule has 0 aliphatic heterocycles. The van der Waals surface area contributed by atoms with Gasteiger partial charge in [-0.15, -0.1) is 0 Å². The number of rotatable bonds is 5. The van der Waals surface area contributed by atoms with E-state index in [9.17, 15) is 5.11 Å². The molecule has 0 fully saturated rings. The van der Waals surface area contributed by atoms with Crippen LogP contribution in [0.5, 0.6) is 11.5 Å². The van der Waals surface area contributed by atoms with E-state index in [-0.39, 0.29) is 0 Å². The Kier molecular flexibility index (Phi) is 4.37. The van der Waals surface area contributed by atoms with E-state index in [1.165, 1.54) is 0 Å². The fourth-order valence-electron chi connectivity index (χ4n) is 1.66. The molecular formula is C13H21NO3. The van der Waals surface area contributed by atoms with E-state index in [0.717, 1.165) is 0 Å². The van der Waals surface area contributed by atoms with Crippen molar-refractivity contribution in [1.29, 1.82) is 0 Å². The van der Waals surface area contributed by atoms with E-state index in [1.807, 2.05) is 26.0 Å². The molecule has 0 bridgehead atoms. The molecule has 4 heteroatoms. The molecule has 0 heterocycles. The predicted molar refractivity (Wildman–Crippen MR) is 67.3 cm³/mol. The van der Waals surface area contributed by atoms with E-state index in [0.29, 0.717) is 23.6 Å². The van der Waals surface area contributed by atoms with Crippen LogP contribution in [0.15, 0.2) is 18.2 Å². The van der Waals surface area contributed by atoms with Gasteiger partial charge in [0.15, 0.2) is 11.5 Å². The van der Waals surface area contributed by atoms with Crippen molar-refractivity contribution in [3.63, 3.8) is 0 Å². The molecule has 1 rings (SSSR count). The van der Waals surface area contributed by atoms with Crippen molar-refractivity contribution in [1.82, 2.24) is 0 Å². The Labute approximate surface area is 102 Å². The minimum atomic E-state index is -0.697. The number of hydrogen-bond acceptors (Lipinski definition) is 4. The van der Waals surface area contributed by atoms with Crippen molar-refractivity contribution in [2.75, 3.05) is 20.8 Å². The van der Waals surface area contributed by atoms with Crippen LogP contribution in [-0.2, 0) is 0 Å². The van der Waals surface area contributed by atoms with Crippen LogP contribution < -0.4 is 15.2 Å². The molecule has 0 saturated carbocycles. The van der Waals surface area contributed by atoms with Crippen molar-refractivity contribution in [2.45, 2.75) is 20.0 Å². The van der Waals surface area contributed by atoms with Gasteiger partial charge in [-0.3, -0.25) is 0 Å². The van der Waals surface area contributed by atoms with E-state index in [2.05, 4.69) is 0 Å². The average molecular weight is 239 g/mol. The van der Waals surface area contributed by atoms with Gasteiger partial charge in [0, 0.05) is 17.5 Å². The molecule has 96 valence electrons. The first kappa shape index (κ1) is 13.8. The van der Waals surface area contributed by atoms with Gasteiger partial charge in [0.25, 0.3) is 0 Å². The Morgan fingerprint density at radius 1 is 1.29 bits per heavy atom. The molecule has 0 aliphatic carbocycles. The average Bonchev–Trinajstić information content (AvgIpc) is 2.36. The third-order valence-electron chi connectivity index (χ3n) is 2.99. The lowest BCUT2D eigenvalue weighted by molar-refractivity contribution is 0.0530. The molecule has 0 radical (unpaired) electrons. The SMILES string of the molecule is COc1cccc(C(O)C(C)(C)CN)c1OC. The van der Waals surface area contributed by atoms with Crippen molar-refractivity contribution >= 4 is 0 Å². The van der Waals surface area contributed by atoms with Gasteiger partial charge < -0.3 is 20.3 Å². The third kappa shape index (κ3) is 2.70. The van der Waals surface area contributed by atoms with E-state index in [4.69, 9.17) is 15.2 Å². The maximum absolute atomic E-state index is 10.4. The van der Waals surface area contributed by atoms with Crippen molar-refractivity contribution in [3.8, 4) is 11.5 Å². The van der Waals surface area contributed by atoms with Gasteiger partial charge in [0.05, 0.1) is 20.3 Å². The van der Waals surface area contributed by atoms with Gasteiger partial charge in [-0.25, -0.2) is 0 Å². The summed E-state index contributed by atoms with van der Waals surface area (Å²) >= 11 is 0. The van der Waals surface area contributed by atoms with Gasteiger partial charge in [0.1, 0.15) is 0 Å². The first-order valence-electron chi connectivity index (χ1n) is 5.57. The number of para-hydroxylation sites is 1. The normalized spacial score (nSPS) is 13.3. The molecular weight excluding hydrogens is 218 g/mol. The molecule has 1 aromatic carbocycles. The quantitative estimate of drug-likeness (QED) is 0.821. The lowest BCUT2D eigenvalue weighted by Gasteiger charge is -2.30. The topological polar surface area (TPSA) is 64.7 Å². The lowest BCUT2D eigenvalue weighted by Crippen LogP contribution is -2.31. The predicted octanol–water partition coefficient (Wildman–Crippen LogP) is 1.72. The highest BCUT2D eigenvalue weighted by Gasteiger charge is 2.30. The summed E-state index contributed by atoms with van der Waals surface area (Å²) in [5, 5.41) is 10.4. The minimum Gasteiger partial charge on any atom is -0.493 e. The van der Waals surface area contributed by atoms with E-state index < -0.39 is 11.5 Å². The zero-order valence-electron chi connectivity index (χ0n) is 10.9. The fourth-order valence-corrected chi connectivity index (χ4v) is 1.66. The zero-order valence-corrected chi connectivity index (χ0v) is 10.9. The van der Waals surface area contributed by atoms with Crippen LogP contribution in [0, 0.1) is 5.41 Å². The number of methoxy groups -OCH3 is 2. The molecule has 1 atom stereocenters. The van der Waals surface area contributed by atoms with Crippen LogP contribution in [0.4, 0.5) is 0 Å². The smallest absolute Gasteiger partial charge is 0.166 e. The number of hydrogen-bond donors (Lipinski definition) is 2. The lowest BCUT2D eigenvalue weighted by atomic mass is 9.82. The number of ether oxygens (including phenoxy) is 2. The highest BCUT2D eigenvalue weighted by Crippen LogP contribution is 2.41. The molecule has 4 nitrogen and oxygen atoms in total. The van der Waals surface area contributed by atoms with Crippen LogP contribution in [0.3, 0.4) is 0 Å². The van der Waals surface area contributed by atoms with Crippen molar-refractivity contribution < 1.29 is 14.6 Å². The summed E-state index contributed by atoms with van der Waals surface area (Å²) < 4.78 is 10.5. The van der Waals surface area contributed by atoms with Crippen molar-refractivity contribution in [2.24, 2.45) is 11.1 Å². The molecule has 0 aliphatic rings. The molecule has 17 heavy (non-hydrogen) atoms. The second-order valence-corrected chi connectivity index (χ2v) is 4.68.